The second kappa shape index (κ2) is 5.19. The van der Waals surface area contributed by atoms with Crippen molar-refractivity contribution in [2.45, 2.75) is 19.3 Å². The van der Waals surface area contributed by atoms with Crippen LogP contribution in [-0.2, 0) is 5.41 Å². The van der Waals surface area contributed by atoms with Crippen LogP contribution in [0.3, 0.4) is 0 Å². The Kier molecular flexibility index (Phi) is 2.92. The topological polar surface area (TPSA) is 34.1 Å². The molecule has 0 atom stereocenters. The minimum Gasteiger partial charge on any atom is -0.298 e. The van der Waals surface area contributed by atoms with Crippen molar-refractivity contribution in [2.75, 3.05) is 0 Å². The molecule has 0 bridgehead atoms. The van der Waals surface area contributed by atoms with Crippen molar-refractivity contribution in [1.82, 2.24) is 0 Å². The summed E-state index contributed by atoms with van der Waals surface area (Å²) in [5.41, 5.74) is 2.02. The summed E-state index contributed by atoms with van der Waals surface area (Å²) in [5, 5.41) is 0. The third-order valence-electron chi connectivity index (χ3n) is 3.40. The quantitative estimate of drug-likeness (QED) is 0.783. The summed E-state index contributed by atoms with van der Waals surface area (Å²) in [7, 11) is 0. The van der Waals surface area contributed by atoms with Gasteiger partial charge in [0.25, 0.3) is 0 Å². The number of aldehydes is 2. The van der Waals surface area contributed by atoms with E-state index in [0.717, 1.165) is 11.1 Å². The zero-order valence-corrected chi connectivity index (χ0v) is 10.9. The molecule has 0 unspecified atom stereocenters. The Labute approximate surface area is 115 Å². The number of hydrogen-bond donors (Lipinski definition) is 0. The Balaban J connectivity index is 2.50. The van der Waals surface area contributed by atoms with Gasteiger partial charge < -0.3 is 0 Å². The first-order valence-electron chi connectivity index (χ1n) is 7.05. The van der Waals surface area contributed by atoms with Gasteiger partial charge in [0, 0.05) is 16.5 Å². The summed E-state index contributed by atoms with van der Waals surface area (Å²) in [6.07, 6.45) is -1.44. The molecule has 0 aliphatic rings. The number of carbonyl (C=O) groups is 2. The third-order valence-corrected chi connectivity index (χ3v) is 3.40. The molecule has 0 fully saturated rings. The lowest BCUT2D eigenvalue weighted by Gasteiger charge is -2.26. The van der Waals surface area contributed by atoms with E-state index >= 15 is 0 Å². The molecule has 2 rings (SSSR count). The predicted molar refractivity (Wildman–Crippen MR) is 75.8 cm³/mol. The van der Waals surface area contributed by atoms with Crippen LogP contribution >= 0.6 is 0 Å². The largest absolute Gasteiger partial charge is 0.298 e. The zero-order valence-electron chi connectivity index (χ0n) is 12.9. The van der Waals surface area contributed by atoms with Gasteiger partial charge in [0.15, 0.2) is 0 Å². The van der Waals surface area contributed by atoms with Crippen molar-refractivity contribution >= 4 is 12.5 Å². The van der Waals surface area contributed by atoms with Crippen LogP contribution < -0.4 is 0 Å². The zero-order chi connectivity index (χ0) is 15.6. The predicted octanol–water partition coefficient (Wildman–Crippen LogP) is 3.64. The lowest BCUT2D eigenvalue weighted by molar-refractivity contribution is 0.111. The smallest absolute Gasteiger partial charge is 0.150 e. The van der Waals surface area contributed by atoms with Gasteiger partial charge in [-0.3, -0.25) is 9.59 Å². The summed E-state index contributed by atoms with van der Waals surface area (Å²) in [5.74, 6) is 0. The number of benzene rings is 2. The van der Waals surface area contributed by atoms with Crippen molar-refractivity contribution < 1.29 is 12.3 Å². The summed E-state index contributed by atoms with van der Waals surface area (Å²) in [4.78, 5) is 22.4. The van der Waals surface area contributed by atoms with E-state index in [1.165, 1.54) is 0 Å². The molecule has 0 N–H and O–H groups in total. The van der Waals surface area contributed by atoms with Gasteiger partial charge in [-0.1, -0.05) is 50.2 Å². The molecule has 0 spiro atoms. The molecule has 0 aliphatic heterocycles. The normalized spacial score (nSPS) is 12.5. The highest BCUT2D eigenvalue weighted by Gasteiger charge is 2.23. The van der Waals surface area contributed by atoms with Crippen LogP contribution in [0.25, 0.3) is 0 Å². The van der Waals surface area contributed by atoms with Crippen LogP contribution in [0.4, 0.5) is 0 Å². The van der Waals surface area contributed by atoms with Crippen LogP contribution in [-0.4, -0.2) is 12.5 Å². The minimum absolute atomic E-state index is 0.341. The lowest BCUT2D eigenvalue weighted by atomic mass is 9.77. The second-order valence-corrected chi connectivity index (χ2v) is 4.99. The Morgan fingerprint density at radius 1 is 0.895 bits per heavy atom. The van der Waals surface area contributed by atoms with Crippen LogP contribution in [0.5, 0.6) is 0 Å². The van der Waals surface area contributed by atoms with Crippen molar-refractivity contribution in [1.29, 1.82) is 0 Å². The molecule has 0 saturated heterocycles. The Morgan fingerprint density at radius 2 is 1.32 bits per heavy atom. The third kappa shape index (κ3) is 2.63. The molecule has 0 heterocycles. The van der Waals surface area contributed by atoms with E-state index in [-0.39, 0.29) is 0 Å². The van der Waals surface area contributed by atoms with Crippen molar-refractivity contribution in [2.24, 2.45) is 0 Å². The molecule has 2 heteroatoms. The fourth-order valence-corrected chi connectivity index (χ4v) is 2.11. The number of carbonyl (C=O) groups excluding carboxylic acids is 2. The SMILES string of the molecule is [3H]C(=O)c1cccc(C(C)(C)c2cccc(C([3H])=O)c2)c1. The Hall–Kier alpha value is -2.22. The molecule has 19 heavy (non-hydrogen) atoms. The van der Waals surface area contributed by atoms with Gasteiger partial charge in [-0.05, 0) is 23.3 Å². The molecule has 0 aliphatic carbocycles. The van der Waals surface area contributed by atoms with Gasteiger partial charge in [-0.15, -0.1) is 0 Å². The maximum atomic E-state index is 11.2. The summed E-state index contributed by atoms with van der Waals surface area (Å²) >= 11 is 0. The molecule has 0 amide bonds. The molecule has 2 aromatic rings. The van der Waals surface area contributed by atoms with Crippen molar-refractivity contribution in [3.8, 4) is 0 Å². The van der Waals surface area contributed by atoms with Gasteiger partial charge in [0.05, 0.1) is 0 Å². The first-order valence-corrected chi connectivity index (χ1v) is 6.05. The van der Waals surface area contributed by atoms with Gasteiger partial charge in [-0.25, -0.2) is 0 Å². The second-order valence-electron chi connectivity index (χ2n) is 4.99. The Morgan fingerprint density at radius 3 is 1.68 bits per heavy atom. The highest BCUT2D eigenvalue weighted by atomic mass is 16.1. The van der Waals surface area contributed by atoms with Crippen LogP contribution in [0, 0.1) is 0 Å². The first kappa shape index (κ1) is 10.7. The highest BCUT2D eigenvalue weighted by molar-refractivity contribution is 5.76. The molecule has 0 aromatic heterocycles. The molecular weight excluding hydrogens is 236 g/mol. The maximum Gasteiger partial charge on any atom is 0.150 e. The average Bonchev–Trinajstić information content (AvgIpc) is 2.47. The molecule has 2 nitrogen and oxygen atoms in total. The van der Waals surface area contributed by atoms with Crippen LogP contribution in [0.1, 0.15) is 48.4 Å². The fraction of sp³-hybridized carbons (Fsp3) is 0.176. The highest BCUT2D eigenvalue weighted by Crippen LogP contribution is 2.31. The van der Waals surface area contributed by atoms with E-state index in [1.54, 1.807) is 36.4 Å². The molecular formula is C17H16O2. The van der Waals surface area contributed by atoms with Gasteiger partial charge in [0.2, 0.25) is 0 Å². The Bertz CT molecular complexity index is 646. The standard InChI is InChI=1S/C17H16O2/c1-17(2,15-7-3-5-13(9-15)11-18)16-8-4-6-14(10-16)12-19/h3-12H,1-2H3/i11T,12T. The molecule has 2 aromatic carbocycles. The van der Waals surface area contributed by atoms with E-state index in [4.69, 9.17) is 2.74 Å². The van der Waals surface area contributed by atoms with E-state index in [2.05, 4.69) is 0 Å². The summed E-state index contributed by atoms with van der Waals surface area (Å²) in [6.45, 7) is 3.96. The molecule has 96 valence electrons. The summed E-state index contributed by atoms with van der Waals surface area (Å²) in [6, 6.07) is 13.9. The lowest BCUT2D eigenvalue weighted by Crippen LogP contribution is -2.19. The number of hydrogen-bond acceptors (Lipinski definition) is 2. The monoisotopic (exact) mass is 256 g/mol. The van der Waals surface area contributed by atoms with Gasteiger partial charge >= 0.3 is 0 Å². The van der Waals surface area contributed by atoms with E-state index in [9.17, 15) is 9.59 Å². The summed E-state index contributed by atoms with van der Waals surface area (Å²) < 4.78 is 14.4. The molecule has 0 saturated carbocycles. The van der Waals surface area contributed by atoms with E-state index < -0.39 is 17.9 Å². The maximum absolute atomic E-state index is 11.2. The van der Waals surface area contributed by atoms with Gasteiger partial charge in [0.1, 0.15) is 15.3 Å². The van der Waals surface area contributed by atoms with Crippen molar-refractivity contribution in [3.05, 3.63) is 70.8 Å². The van der Waals surface area contributed by atoms with Crippen molar-refractivity contribution in [3.63, 3.8) is 0 Å². The minimum atomic E-state index is -0.720. The fourth-order valence-electron chi connectivity index (χ4n) is 2.11. The number of rotatable bonds is 4. The first-order chi connectivity index (χ1) is 9.82. The van der Waals surface area contributed by atoms with E-state index in [1.807, 2.05) is 26.0 Å². The van der Waals surface area contributed by atoms with Crippen LogP contribution in [0.2, 0.25) is 0 Å². The molecule has 0 radical (unpaired) electrons. The van der Waals surface area contributed by atoms with Gasteiger partial charge in [-0.2, -0.15) is 0 Å². The van der Waals surface area contributed by atoms with E-state index in [0.29, 0.717) is 11.1 Å². The average molecular weight is 256 g/mol. The van der Waals surface area contributed by atoms with Crippen LogP contribution in [0.15, 0.2) is 48.5 Å².